The van der Waals surface area contributed by atoms with Crippen LogP contribution in [-0.4, -0.2) is 30.3 Å². The van der Waals surface area contributed by atoms with Crippen molar-refractivity contribution in [1.82, 2.24) is 5.32 Å². The molecule has 4 nitrogen and oxygen atoms in total. The molecule has 0 aromatic carbocycles. The van der Waals surface area contributed by atoms with Crippen molar-refractivity contribution >= 4 is 5.91 Å². The van der Waals surface area contributed by atoms with Crippen molar-refractivity contribution in [3.8, 4) is 0 Å². The van der Waals surface area contributed by atoms with E-state index in [1.54, 1.807) is 0 Å². The van der Waals surface area contributed by atoms with Crippen molar-refractivity contribution in [2.45, 2.75) is 13.0 Å². The smallest absolute Gasteiger partial charge is 0.217 e. The van der Waals surface area contributed by atoms with Crippen LogP contribution in [0.5, 0.6) is 0 Å². The normalized spacial score (nSPS) is 11.8. The molecule has 0 bridgehead atoms. The van der Waals surface area contributed by atoms with Gasteiger partial charge in [-0.25, -0.2) is 0 Å². The van der Waals surface area contributed by atoms with Crippen molar-refractivity contribution in [2.24, 2.45) is 0 Å². The van der Waals surface area contributed by atoms with Gasteiger partial charge < -0.3 is 15.2 Å². The Morgan fingerprint density at radius 1 is 1.91 bits per heavy atom. The number of hydrogen-bond acceptors (Lipinski definition) is 3. The summed E-state index contributed by atoms with van der Waals surface area (Å²) in [6, 6.07) is -0.342. The molecule has 0 radical (unpaired) electrons. The fourth-order valence-electron chi connectivity index (χ4n) is 0.612. The van der Waals surface area contributed by atoms with Gasteiger partial charge >= 0.3 is 0 Å². The molecule has 11 heavy (non-hydrogen) atoms. The summed E-state index contributed by atoms with van der Waals surface area (Å²) in [6.07, 6.45) is 1.27. The second kappa shape index (κ2) is 5.73. The lowest BCUT2D eigenvalue weighted by molar-refractivity contribution is -0.120. The lowest BCUT2D eigenvalue weighted by Crippen LogP contribution is -2.39. The second-order valence-electron chi connectivity index (χ2n) is 2.08. The van der Waals surface area contributed by atoms with Gasteiger partial charge in [-0.2, -0.15) is 0 Å². The van der Waals surface area contributed by atoms with Crippen LogP contribution >= 0.6 is 0 Å². The van der Waals surface area contributed by atoms with E-state index in [1.807, 2.05) is 0 Å². The number of amides is 1. The maximum absolute atomic E-state index is 10.5. The van der Waals surface area contributed by atoms with Crippen LogP contribution < -0.4 is 5.32 Å². The van der Waals surface area contributed by atoms with Gasteiger partial charge in [-0.3, -0.25) is 4.79 Å². The Morgan fingerprint density at radius 3 is 2.91 bits per heavy atom. The number of aliphatic hydroxyl groups is 1. The van der Waals surface area contributed by atoms with Gasteiger partial charge in [-0.05, 0) is 0 Å². The molecule has 0 aliphatic carbocycles. The fourth-order valence-corrected chi connectivity index (χ4v) is 0.612. The molecule has 0 aliphatic heterocycles. The first kappa shape index (κ1) is 9.97. The molecular weight excluding hydrogens is 146 g/mol. The highest BCUT2D eigenvalue weighted by Gasteiger charge is 2.07. The first-order chi connectivity index (χ1) is 5.20. The Bertz CT molecular complexity index is 136. The summed E-state index contributed by atoms with van der Waals surface area (Å²) in [5.74, 6) is -0.184. The molecule has 64 valence electrons. The molecule has 0 aliphatic rings. The van der Waals surface area contributed by atoms with Gasteiger partial charge in [0.25, 0.3) is 0 Å². The summed E-state index contributed by atoms with van der Waals surface area (Å²) in [5.41, 5.74) is 0. The van der Waals surface area contributed by atoms with Gasteiger partial charge in [0.15, 0.2) is 0 Å². The number of aliphatic hydroxyl groups excluding tert-OH is 1. The summed E-state index contributed by atoms with van der Waals surface area (Å²) < 4.78 is 4.78. The zero-order valence-corrected chi connectivity index (χ0v) is 6.54. The molecule has 1 unspecified atom stereocenters. The third-order valence-corrected chi connectivity index (χ3v) is 1.04. The third-order valence-electron chi connectivity index (χ3n) is 1.04. The molecule has 4 heteroatoms. The molecule has 1 amide bonds. The summed E-state index contributed by atoms with van der Waals surface area (Å²) in [4.78, 5) is 10.5. The molecule has 1 atom stereocenters. The highest BCUT2D eigenvalue weighted by atomic mass is 16.5. The second-order valence-corrected chi connectivity index (χ2v) is 2.08. The predicted molar refractivity (Wildman–Crippen MR) is 40.8 cm³/mol. The SMILES string of the molecule is C=COCC(CO)NC(C)=O. The first-order valence-electron chi connectivity index (χ1n) is 3.31. The predicted octanol–water partition coefficient (Wildman–Crippen LogP) is -0.357. The van der Waals surface area contributed by atoms with Crippen LogP contribution in [0.25, 0.3) is 0 Å². The van der Waals surface area contributed by atoms with Gasteiger partial charge in [0, 0.05) is 6.92 Å². The standard InChI is InChI=1S/C7H13NO3/c1-3-11-5-7(4-9)8-6(2)10/h3,7,9H,1,4-5H2,2H3,(H,8,10). The minimum absolute atomic E-state index is 0.132. The van der Waals surface area contributed by atoms with Gasteiger partial charge in [-0.1, -0.05) is 6.58 Å². The van der Waals surface area contributed by atoms with E-state index in [0.29, 0.717) is 0 Å². The number of carbonyl (C=O) groups excluding carboxylic acids is 1. The van der Waals surface area contributed by atoms with Gasteiger partial charge in [0.1, 0.15) is 6.61 Å². The highest BCUT2D eigenvalue weighted by Crippen LogP contribution is 1.84. The molecular formula is C7H13NO3. The van der Waals surface area contributed by atoms with E-state index in [2.05, 4.69) is 11.9 Å². The zero-order valence-electron chi connectivity index (χ0n) is 6.54. The van der Waals surface area contributed by atoms with Crippen LogP contribution in [-0.2, 0) is 9.53 Å². The topological polar surface area (TPSA) is 58.6 Å². The van der Waals surface area contributed by atoms with Crippen LogP contribution in [0.3, 0.4) is 0 Å². The maximum Gasteiger partial charge on any atom is 0.217 e. The van der Waals surface area contributed by atoms with Crippen LogP contribution in [0.15, 0.2) is 12.8 Å². The van der Waals surface area contributed by atoms with Gasteiger partial charge in [0.05, 0.1) is 18.9 Å². The zero-order chi connectivity index (χ0) is 8.69. The molecule has 0 saturated heterocycles. The van der Waals surface area contributed by atoms with E-state index in [9.17, 15) is 4.79 Å². The van der Waals surface area contributed by atoms with Crippen molar-refractivity contribution in [2.75, 3.05) is 13.2 Å². The van der Waals surface area contributed by atoms with Crippen LogP contribution in [0, 0.1) is 0 Å². The molecule has 0 fully saturated rings. The van der Waals surface area contributed by atoms with E-state index in [4.69, 9.17) is 9.84 Å². The summed E-state index contributed by atoms with van der Waals surface area (Å²) in [5, 5.41) is 11.2. The Kier molecular flexibility index (Phi) is 5.20. The number of nitrogens with one attached hydrogen (secondary N) is 1. The Hall–Kier alpha value is -1.03. The molecule has 0 aromatic heterocycles. The monoisotopic (exact) mass is 159 g/mol. The third kappa shape index (κ3) is 5.42. The lowest BCUT2D eigenvalue weighted by Gasteiger charge is -2.13. The maximum atomic E-state index is 10.5. The number of hydrogen-bond donors (Lipinski definition) is 2. The fraction of sp³-hybridized carbons (Fsp3) is 0.571. The number of ether oxygens (including phenoxy) is 1. The van der Waals surface area contributed by atoms with E-state index in [1.165, 1.54) is 13.2 Å². The minimum Gasteiger partial charge on any atom is -0.500 e. The molecule has 0 saturated carbocycles. The average Bonchev–Trinajstić information content (AvgIpc) is 1.97. The van der Waals surface area contributed by atoms with E-state index in [0.717, 1.165) is 0 Å². The molecule has 2 N–H and O–H groups in total. The quantitative estimate of drug-likeness (QED) is 0.539. The lowest BCUT2D eigenvalue weighted by atomic mass is 10.3. The summed E-state index contributed by atoms with van der Waals surface area (Å²) in [6.45, 7) is 4.83. The number of rotatable bonds is 5. The van der Waals surface area contributed by atoms with E-state index in [-0.39, 0.29) is 25.2 Å². The van der Waals surface area contributed by atoms with Crippen LogP contribution in [0.2, 0.25) is 0 Å². The minimum atomic E-state index is -0.342. The van der Waals surface area contributed by atoms with E-state index >= 15 is 0 Å². The van der Waals surface area contributed by atoms with Crippen molar-refractivity contribution in [3.63, 3.8) is 0 Å². The van der Waals surface area contributed by atoms with Gasteiger partial charge in [0.2, 0.25) is 5.91 Å². The number of carbonyl (C=O) groups is 1. The highest BCUT2D eigenvalue weighted by molar-refractivity contribution is 5.73. The van der Waals surface area contributed by atoms with Crippen LogP contribution in [0.4, 0.5) is 0 Å². The van der Waals surface area contributed by atoms with Crippen molar-refractivity contribution in [1.29, 1.82) is 0 Å². The molecule has 0 rings (SSSR count). The Labute approximate surface area is 65.9 Å². The first-order valence-corrected chi connectivity index (χ1v) is 3.31. The Balaban J connectivity index is 3.57. The van der Waals surface area contributed by atoms with Crippen LogP contribution in [0.1, 0.15) is 6.92 Å². The largest absolute Gasteiger partial charge is 0.500 e. The van der Waals surface area contributed by atoms with Crippen molar-refractivity contribution < 1.29 is 14.6 Å². The molecule has 0 aromatic rings. The summed E-state index contributed by atoms with van der Waals surface area (Å²) in [7, 11) is 0. The molecule has 0 spiro atoms. The van der Waals surface area contributed by atoms with Gasteiger partial charge in [-0.15, -0.1) is 0 Å². The summed E-state index contributed by atoms with van der Waals surface area (Å²) >= 11 is 0. The Morgan fingerprint density at radius 2 is 2.55 bits per heavy atom. The van der Waals surface area contributed by atoms with E-state index < -0.39 is 0 Å². The molecule has 0 heterocycles. The average molecular weight is 159 g/mol. The van der Waals surface area contributed by atoms with Crippen molar-refractivity contribution in [3.05, 3.63) is 12.8 Å².